The molecule has 0 saturated heterocycles. The van der Waals surface area contributed by atoms with E-state index >= 15 is 0 Å². The number of hydrogen-bond acceptors (Lipinski definition) is 3. The van der Waals surface area contributed by atoms with Crippen molar-refractivity contribution >= 4 is 11.9 Å². The fourth-order valence-corrected chi connectivity index (χ4v) is 4.80. The van der Waals surface area contributed by atoms with E-state index in [0.29, 0.717) is 25.7 Å². The largest absolute Gasteiger partial charge is 0.490 e. The van der Waals surface area contributed by atoms with E-state index in [0.717, 1.165) is 6.42 Å². The zero-order valence-corrected chi connectivity index (χ0v) is 10.7. The predicted octanol–water partition coefficient (Wildman–Crippen LogP) is 2.52. The summed E-state index contributed by atoms with van der Waals surface area (Å²) < 4.78 is 42.0. The number of alkyl halides is 3. The van der Waals surface area contributed by atoms with Crippen LogP contribution >= 0.6 is 0 Å². The highest BCUT2D eigenvalue weighted by Crippen LogP contribution is 2.63. The van der Waals surface area contributed by atoms with Crippen LogP contribution in [-0.4, -0.2) is 28.8 Å². The molecule has 4 saturated carbocycles. The van der Waals surface area contributed by atoms with Crippen LogP contribution in [0.2, 0.25) is 0 Å². The maximum atomic E-state index is 12.4. The van der Waals surface area contributed by atoms with Crippen LogP contribution in [0, 0.1) is 17.3 Å². The number of rotatable bonds is 2. The zero-order chi connectivity index (χ0) is 14.8. The predicted molar refractivity (Wildman–Crippen MR) is 59.6 cm³/mol. The van der Waals surface area contributed by atoms with Gasteiger partial charge in [0.1, 0.15) is 5.60 Å². The maximum Gasteiger partial charge on any atom is 0.490 e. The van der Waals surface area contributed by atoms with Gasteiger partial charge in [0.2, 0.25) is 0 Å². The van der Waals surface area contributed by atoms with Crippen molar-refractivity contribution < 1.29 is 32.6 Å². The van der Waals surface area contributed by atoms with Crippen LogP contribution in [0.4, 0.5) is 13.2 Å². The number of halogens is 3. The minimum atomic E-state index is -5.03. The van der Waals surface area contributed by atoms with Crippen molar-refractivity contribution in [3.63, 3.8) is 0 Å². The van der Waals surface area contributed by atoms with Gasteiger partial charge < -0.3 is 9.84 Å². The molecular formula is C13H15F3O4. The molecule has 20 heavy (non-hydrogen) atoms. The Bertz CT molecular complexity index is 457. The summed E-state index contributed by atoms with van der Waals surface area (Å²) in [5.74, 6) is -3.07. The van der Waals surface area contributed by atoms with E-state index in [1.165, 1.54) is 0 Å². The Kier molecular flexibility index (Phi) is 2.66. The average molecular weight is 292 g/mol. The van der Waals surface area contributed by atoms with E-state index in [9.17, 15) is 27.9 Å². The molecule has 0 amide bonds. The molecule has 0 aliphatic heterocycles. The number of aliphatic carboxylic acids is 1. The third-order valence-electron chi connectivity index (χ3n) is 5.00. The van der Waals surface area contributed by atoms with Gasteiger partial charge in [0.15, 0.2) is 0 Å². The summed E-state index contributed by atoms with van der Waals surface area (Å²) >= 11 is 0. The van der Waals surface area contributed by atoms with E-state index in [-0.39, 0.29) is 18.3 Å². The first-order valence-corrected chi connectivity index (χ1v) is 6.68. The van der Waals surface area contributed by atoms with E-state index in [1.807, 2.05) is 0 Å². The SMILES string of the molecule is O=C(OC12C[C@H]3C[C@@H](C1)CC(C(=O)O)(C3)C2)C(F)(F)F. The average Bonchev–Trinajstić information content (AvgIpc) is 2.24. The summed E-state index contributed by atoms with van der Waals surface area (Å²) in [7, 11) is 0. The van der Waals surface area contributed by atoms with Crippen LogP contribution < -0.4 is 0 Å². The zero-order valence-electron chi connectivity index (χ0n) is 10.7. The Balaban J connectivity index is 1.87. The molecule has 7 heteroatoms. The lowest BCUT2D eigenvalue weighted by Crippen LogP contribution is -2.60. The number of ether oxygens (including phenoxy) is 1. The number of carbonyl (C=O) groups is 2. The smallest absolute Gasteiger partial charge is 0.481 e. The molecule has 4 nitrogen and oxygen atoms in total. The standard InChI is InChI=1S/C13H15F3O4/c14-13(15,16)10(19)20-12-4-7-1-8(5-12)3-11(2-7,6-12)9(17)18/h7-8H,1-6H2,(H,17,18)/t7-,8+,11?,12?. The molecule has 0 aromatic carbocycles. The molecule has 0 aromatic rings. The fraction of sp³-hybridized carbons (Fsp3) is 0.846. The van der Waals surface area contributed by atoms with Crippen LogP contribution in [0.5, 0.6) is 0 Å². The number of hydrogen-bond donors (Lipinski definition) is 1. The van der Waals surface area contributed by atoms with Crippen LogP contribution in [0.3, 0.4) is 0 Å². The first-order chi connectivity index (χ1) is 9.14. The lowest BCUT2D eigenvalue weighted by atomic mass is 9.48. The van der Waals surface area contributed by atoms with Crippen molar-refractivity contribution in [3.05, 3.63) is 0 Å². The van der Waals surface area contributed by atoms with Crippen molar-refractivity contribution in [3.8, 4) is 0 Å². The minimum absolute atomic E-state index is 0.0180. The van der Waals surface area contributed by atoms with Crippen molar-refractivity contribution in [1.29, 1.82) is 0 Å². The van der Waals surface area contributed by atoms with Gasteiger partial charge in [-0.1, -0.05) is 0 Å². The van der Waals surface area contributed by atoms with Gasteiger partial charge in [-0.05, 0) is 43.9 Å². The molecule has 2 unspecified atom stereocenters. The second-order valence-corrected chi connectivity index (χ2v) is 6.62. The molecule has 112 valence electrons. The summed E-state index contributed by atoms with van der Waals surface area (Å²) in [6.07, 6.45) is -2.47. The monoisotopic (exact) mass is 292 g/mol. The molecule has 0 aromatic heterocycles. The third kappa shape index (κ3) is 1.98. The van der Waals surface area contributed by atoms with Gasteiger partial charge in [-0.25, -0.2) is 4.79 Å². The Labute approximate surface area is 113 Å². The van der Waals surface area contributed by atoms with Crippen LogP contribution in [0.1, 0.15) is 38.5 Å². The van der Waals surface area contributed by atoms with Gasteiger partial charge in [0.05, 0.1) is 5.41 Å². The van der Waals surface area contributed by atoms with Gasteiger partial charge in [-0.15, -0.1) is 0 Å². The summed E-state index contributed by atoms with van der Waals surface area (Å²) in [6.45, 7) is 0. The van der Waals surface area contributed by atoms with Crippen molar-refractivity contribution in [1.82, 2.24) is 0 Å². The van der Waals surface area contributed by atoms with Gasteiger partial charge in [-0.2, -0.15) is 13.2 Å². The Morgan fingerprint density at radius 2 is 1.65 bits per heavy atom. The van der Waals surface area contributed by atoms with Crippen molar-refractivity contribution in [2.45, 2.75) is 50.3 Å². The molecule has 0 heterocycles. The van der Waals surface area contributed by atoms with Gasteiger partial charge in [0.25, 0.3) is 0 Å². The summed E-state index contributed by atoms with van der Waals surface area (Å²) in [6, 6.07) is 0. The molecule has 4 aliphatic carbocycles. The summed E-state index contributed by atoms with van der Waals surface area (Å²) in [5.41, 5.74) is -2.23. The van der Waals surface area contributed by atoms with Gasteiger partial charge >= 0.3 is 18.1 Å². The quantitative estimate of drug-likeness (QED) is 0.794. The fourth-order valence-electron chi connectivity index (χ4n) is 4.80. The highest BCUT2D eigenvalue weighted by Gasteiger charge is 2.63. The van der Waals surface area contributed by atoms with Crippen LogP contribution in [0.25, 0.3) is 0 Å². The third-order valence-corrected chi connectivity index (χ3v) is 5.00. The van der Waals surface area contributed by atoms with Crippen LogP contribution in [0.15, 0.2) is 0 Å². The lowest BCUT2D eigenvalue weighted by molar-refractivity contribution is -0.240. The Morgan fingerprint density at radius 3 is 2.10 bits per heavy atom. The van der Waals surface area contributed by atoms with Crippen molar-refractivity contribution in [2.24, 2.45) is 17.3 Å². The molecule has 4 atom stereocenters. The van der Waals surface area contributed by atoms with Crippen molar-refractivity contribution in [2.75, 3.05) is 0 Å². The molecule has 0 spiro atoms. The van der Waals surface area contributed by atoms with Crippen LogP contribution in [-0.2, 0) is 14.3 Å². The molecule has 0 radical (unpaired) electrons. The van der Waals surface area contributed by atoms with E-state index in [1.54, 1.807) is 0 Å². The first-order valence-electron chi connectivity index (χ1n) is 6.68. The molecule has 1 N–H and O–H groups in total. The second kappa shape index (κ2) is 3.89. The Morgan fingerprint density at radius 1 is 1.10 bits per heavy atom. The lowest BCUT2D eigenvalue weighted by Gasteiger charge is -2.59. The maximum absolute atomic E-state index is 12.4. The number of carboxylic acids is 1. The summed E-state index contributed by atoms with van der Waals surface area (Å²) in [4.78, 5) is 22.6. The highest BCUT2D eigenvalue weighted by atomic mass is 19.4. The Hall–Kier alpha value is -1.27. The van der Waals surface area contributed by atoms with Gasteiger partial charge in [-0.3, -0.25) is 4.79 Å². The molecular weight excluding hydrogens is 277 g/mol. The van der Waals surface area contributed by atoms with E-state index < -0.39 is 29.1 Å². The highest BCUT2D eigenvalue weighted by molar-refractivity contribution is 5.77. The van der Waals surface area contributed by atoms with Gasteiger partial charge in [0, 0.05) is 6.42 Å². The number of esters is 1. The van der Waals surface area contributed by atoms with E-state index in [4.69, 9.17) is 4.74 Å². The molecule has 4 fully saturated rings. The molecule has 4 bridgehead atoms. The molecule has 4 rings (SSSR count). The topological polar surface area (TPSA) is 63.6 Å². The minimum Gasteiger partial charge on any atom is -0.481 e. The number of carbonyl (C=O) groups excluding carboxylic acids is 1. The van der Waals surface area contributed by atoms with E-state index in [2.05, 4.69) is 0 Å². The molecule has 4 aliphatic rings. The normalized spacial score (nSPS) is 42.5. The summed E-state index contributed by atoms with van der Waals surface area (Å²) in [5, 5.41) is 9.42. The second-order valence-electron chi connectivity index (χ2n) is 6.62. The number of carboxylic acid groups (broad SMARTS) is 1. The first kappa shape index (κ1) is 13.7.